The third kappa shape index (κ3) is 5.54. The highest BCUT2D eigenvalue weighted by Gasteiger charge is 2.13. The molecule has 6 heteroatoms. The number of anilines is 3. The number of ether oxygens (including phenoxy) is 1. The standard InChI is InChI=1S/C18H21NO.C7H8N2O2/c1-3-20-18-9-5-8-16(13-18)19(2)17-11-10-14-6-4-7-15(14)12-17;1-8-6-4-9-3-2-5(6)7(10)11/h5,8-13H,3-4,6-7H2,1-2H3;2-4,8H,1H3,(H,10,11). The Labute approximate surface area is 183 Å². The minimum absolute atomic E-state index is 0.238. The number of nitrogens with zero attached hydrogens (tertiary/aromatic N) is 2. The molecule has 0 spiro atoms. The molecule has 0 amide bonds. The van der Waals surface area contributed by atoms with Crippen molar-refractivity contribution in [1.82, 2.24) is 4.98 Å². The van der Waals surface area contributed by atoms with Crippen LogP contribution in [0, 0.1) is 0 Å². The van der Waals surface area contributed by atoms with Crippen LogP contribution in [0.2, 0.25) is 0 Å². The van der Waals surface area contributed by atoms with Gasteiger partial charge in [-0.15, -0.1) is 0 Å². The van der Waals surface area contributed by atoms with Crippen LogP contribution < -0.4 is 15.0 Å². The van der Waals surface area contributed by atoms with E-state index < -0.39 is 5.97 Å². The largest absolute Gasteiger partial charge is 0.494 e. The SMILES string of the molecule is CCOc1cccc(N(C)c2ccc3c(c2)CCC3)c1.CNc1cnccc1C(=O)O. The average Bonchev–Trinajstić information content (AvgIpc) is 3.27. The van der Waals surface area contributed by atoms with E-state index in [1.807, 2.05) is 19.1 Å². The maximum atomic E-state index is 10.5. The summed E-state index contributed by atoms with van der Waals surface area (Å²) in [6.07, 6.45) is 6.67. The summed E-state index contributed by atoms with van der Waals surface area (Å²) in [5, 5.41) is 11.4. The molecule has 0 unspecified atom stereocenters. The van der Waals surface area contributed by atoms with Gasteiger partial charge in [-0.1, -0.05) is 12.1 Å². The predicted molar refractivity (Wildman–Crippen MR) is 125 cm³/mol. The molecule has 1 aromatic heterocycles. The lowest BCUT2D eigenvalue weighted by atomic mass is 10.1. The minimum atomic E-state index is -0.947. The lowest BCUT2D eigenvalue weighted by Gasteiger charge is -2.21. The smallest absolute Gasteiger partial charge is 0.337 e. The van der Waals surface area contributed by atoms with Crippen molar-refractivity contribution in [3.8, 4) is 5.75 Å². The third-order valence-corrected chi connectivity index (χ3v) is 5.31. The zero-order valence-corrected chi connectivity index (χ0v) is 18.3. The van der Waals surface area contributed by atoms with Crippen molar-refractivity contribution in [2.24, 2.45) is 0 Å². The van der Waals surface area contributed by atoms with E-state index in [0.717, 1.165) is 11.4 Å². The van der Waals surface area contributed by atoms with Crippen molar-refractivity contribution in [3.05, 3.63) is 77.6 Å². The summed E-state index contributed by atoms with van der Waals surface area (Å²) in [5.41, 5.74) is 6.20. The molecule has 0 saturated heterocycles. The number of fused-ring (bicyclic) bond motifs is 1. The molecule has 1 aliphatic rings. The summed E-state index contributed by atoms with van der Waals surface area (Å²) in [6, 6.07) is 16.5. The molecule has 0 atom stereocenters. The number of carbonyl (C=O) groups is 1. The zero-order valence-electron chi connectivity index (χ0n) is 18.3. The van der Waals surface area contributed by atoms with Crippen molar-refractivity contribution in [1.29, 1.82) is 0 Å². The fraction of sp³-hybridized carbons (Fsp3) is 0.280. The van der Waals surface area contributed by atoms with Gasteiger partial charge in [-0.3, -0.25) is 4.98 Å². The van der Waals surface area contributed by atoms with Gasteiger partial charge in [0.1, 0.15) is 5.75 Å². The Balaban J connectivity index is 0.000000210. The summed E-state index contributed by atoms with van der Waals surface area (Å²) in [4.78, 5) is 16.5. The first-order valence-electron chi connectivity index (χ1n) is 10.5. The monoisotopic (exact) mass is 419 g/mol. The molecule has 0 aliphatic heterocycles. The fourth-order valence-electron chi connectivity index (χ4n) is 3.64. The maximum absolute atomic E-state index is 10.5. The van der Waals surface area contributed by atoms with Crippen molar-refractivity contribution in [2.45, 2.75) is 26.2 Å². The molecule has 2 N–H and O–H groups in total. The van der Waals surface area contributed by atoms with Crippen LogP contribution in [0.25, 0.3) is 0 Å². The Morgan fingerprint density at radius 1 is 1.13 bits per heavy atom. The highest BCUT2D eigenvalue weighted by atomic mass is 16.5. The van der Waals surface area contributed by atoms with Gasteiger partial charge in [-0.05, 0) is 67.6 Å². The number of aromatic carboxylic acids is 1. The second-order valence-electron chi connectivity index (χ2n) is 7.27. The molecular weight excluding hydrogens is 390 g/mol. The van der Waals surface area contributed by atoms with Gasteiger partial charge in [0.25, 0.3) is 0 Å². The Kier molecular flexibility index (Phi) is 7.49. The molecule has 3 aromatic rings. The van der Waals surface area contributed by atoms with Gasteiger partial charge >= 0.3 is 5.97 Å². The molecule has 0 fully saturated rings. The number of rotatable bonds is 6. The van der Waals surface area contributed by atoms with Crippen molar-refractivity contribution < 1.29 is 14.6 Å². The molecule has 4 rings (SSSR count). The van der Waals surface area contributed by atoms with Crippen LogP contribution in [0.4, 0.5) is 17.1 Å². The summed E-state index contributed by atoms with van der Waals surface area (Å²) in [7, 11) is 3.77. The highest BCUT2D eigenvalue weighted by Crippen LogP contribution is 2.31. The quantitative estimate of drug-likeness (QED) is 0.575. The highest BCUT2D eigenvalue weighted by molar-refractivity contribution is 5.93. The normalized spacial score (nSPS) is 11.7. The lowest BCUT2D eigenvalue weighted by Crippen LogP contribution is -2.10. The molecule has 1 heterocycles. The van der Waals surface area contributed by atoms with Crippen LogP contribution in [0.15, 0.2) is 60.9 Å². The average molecular weight is 420 g/mol. The number of aryl methyl sites for hydroxylation is 2. The van der Waals surface area contributed by atoms with E-state index in [0.29, 0.717) is 12.3 Å². The molecule has 0 radical (unpaired) electrons. The van der Waals surface area contributed by atoms with E-state index in [4.69, 9.17) is 9.84 Å². The summed E-state index contributed by atoms with van der Waals surface area (Å²) >= 11 is 0. The van der Waals surface area contributed by atoms with E-state index in [-0.39, 0.29) is 5.56 Å². The molecule has 0 bridgehead atoms. The summed E-state index contributed by atoms with van der Waals surface area (Å²) in [6.45, 7) is 2.71. The van der Waals surface area contributed by atoms with E-state index in [9.17, 15) is 4.79 Å². The second kappa shape index (κ2) is 10.5. The third-order valence-electron chi connectivity index (χ3n) is 5.31. The van der Waals surface area contributed by atoms with Gasteiger partial charge in [-0.25, -0.2) is 4.79 Å². The van der Waals surface area contributed by atoms with Gasteiger partial charge < -0.3 is 20.1 Å². The van der Waals surface area contributed by atoms with Gasteiger partial charge in [0.05, 0.1) is 24.1 Å². The van der Waals surface area contributed by atoms with E-state index in [2.05, 4.69) is 52.6 Å². The molecular formula is C25H29N3O3. The van der Waals surface area contributed by atoms with Crippen LogP contribution in [-0.4, -0.2) is 36.8 Å². The zero-order chi connectivity index (χ0) is 22.2. The van der Waals surface area contributed by atoms with Gasteiger partial charge in [-0.2, -0.15) is 0 Å². The predicted octanol–water partition coefficient (Wildman–Crippen LogP) is 5.16. The number of pyridine rings is 1. The van der Waals surface area contributed by atoms with E-state index >= 15 is 0 Å². The first-order chi connectivity index (χ1) is 15.0. The number of hydrogen-bond acceptors (Lipinski definition) is 5. The topological polar surface area (TPSA) is 74.7 Å². The number of carboxylic acids is 1. The summed E-state index contributed by atoms with van der Waals surface area (Å²) < 4.78 is 5.58. The summed E-state index contributed by atoms with van der Waals surface area (Å²) in [5.74, 6) is -0.0187. The molecule has 31 heavy (non-hydrogen) atoms. The molecule has 0 saturated carbocycles. The van der Waals surface area contributed by atoms with Crippen LogP contribution >= 0.6 is 0 Å². The van der Waals surface area contributed by atoms with Crippen LogP contribution in [0.1, 0.15) is 34.8 Å². The lowest BCUT2D eigenvalue weighted by molar-refractivity contribution is 0.0698. The number of benzene rings is 2. The second-order valence-corrected chi connectivity index (χ2v) is 7.27. The van der Waals surface area contributed by atoms with E-state index in [1.165, 1.54) is 54.5 Å². The number of carboxylic acid groups (broad SMARTS) is 1. The molecule has 162 valence electrons. The van der Waals surface area contributed by atoms with Crippen molar-refractivity contribution in [2.75, 3.05) is 30.9 Å². The van der Waals surface area contributed by atoms with Crippen LogP contribution in [0.3, 0.4) is 0 Å². The Bertz CT molecular complexity index is 1040. The Morgan fingerprint density at radius 3 is 2.61 bits per heavy atom. The van der Waals surface area contributed by atoms with Gasteiger partial charge in [0.15, 0.2) is 0 Å². The fourth-order valence-corrected chi connectivity index (χ4v) is 3.64. The van der Waals surface area contributed by atoms with E-state index in [1.54, 1.807) is 7.05 Å². The number of hydrogen-bond donors (Lipinski definition) is 2. The molecule has 1 aliphatic carbocycles. The number of aromatic nitrogens is 1. The maximum Gasteiger partial charge on any atom is 0.337 e. The van der Waals surface area contributed by atoms with Crippen LogP contribution in [0.5, 0.6) is 5.75 Å². The van der Waals surface area contributed by atoms with Crippen molar-refractivity contribution >= 4 is 23.0 Å². The Morgan fingerprint density at radius 2 is 1.90 bits per heavy atom. The van der Waals surface area contributed by atoms with Crippen LogP contribution in [-0.2, 0) is 12.8 Å². The first-order valence-corrected chi connectivity index (χ1v) is 10.5. The first kappa shape index (κ1) is 22.2. The Hall–Kier alpha value is -3.54. The van der Waals surface area contributed by atoms with Gasteiger partial charge in [0, 0.05) is 37.7 Å². The van der Waals surface area contributed by atoms with Gasteiger partial charge in [0.2, 0.25) is 0 Å². The number of nitrogens with one attached hydrogen (secondary N) is 1. The molecule has 2 aromatic carbocycles. The minimum Gasteiger partial charge on any atom is -0.494 e. The molecule has 6 nitrogen and oxygen atoms in total. The van der Waals surface area contributed by atoms with Crippen molar-refractivity contribution in [3.63, 3.8) is 0 Å².